The molecule has 0 bridgehead atoms. The van der Waals surface area contributed by atoms with E-state index >= 15 is 0 Å². The molecule has 0 saturated carbocycles. The van der Waals surface area contributed by atoms with E-state index in [0.29, 0.717) is 6.61 Å². The Bertz CT molecular complexity index is 395. The number of aliphatic hydroxyl groups excluding tert-OH is 1. The maximum absolute atomic E-state index is 8.79. The van der Waals surface area contributed by atoms with Gasteiger partial charge in [-0.2, -0.15) is 0 Å². The van der Waals surface area contributed by atoms with Crippen LogP contribution >= 0.6 is 0 Å². The molecule has 0 aromatic rings. The Morgan fingerprint density at radius 1 is 0.333 bits per heavy atom. The van der Waals surface area contributed by atoms with Crippen LogP contribution in [0.25, 0.3) is 0 Å². The Morgan fingerprint density at radius 3 is 0.806 bits per heavy atom. The van der Waals surface area contributed by atoms with Crippen molar-refractivity contribution in [2.75, 3.05) is 33.8 Å². The summed E-state index contributed by atoms with van der Waals surface area (Å²) in [6.07, 6.45) is 39.6. The molecule has 0 saturated heterocycles. The van der Waals surface area contributed by atoms with Gasteiger partial charge in [-0.1, -0.05) is 155 Å². The van der Waals surface area contributed by atoms with Gasteiger partial charge in [0.15, 0.2) is 0 Å². The summed E-state index contributed by atoms with van der Waals surface area (Å²) in [5, 5.41) is 8.79. The van der Waals surface area contributed by atoms with Crippen LogP contribution in [-0.4, -0.2) is 43.4 Å². The van der Waals surface area contributed by atoms with E-state index in [-0.39, 0.29) is 0 Å². The van der Waals surface area contributed by atoms with Crippen molar-refractivity contribution in [3.63, 3.8) is 0 Å². The van der Waals surface area contributed by atoms with E-state index in [2.05, 4.69) is 21.0 Å². The van der Waals surface area contributed by atoms with Crippen molar-refractivity contribution in [2.24, 2.45) is 0 Å². The Labute approximate surface area is 230 Å². The lowest BCUT2D eigenvalue weighted by Gasteiger charge is -2.30. The Morgan fingerprint density at radius 2 is 0.556 bits per heavy atom. The summed E-state index contributed by atoms with van der Waals surface area (Å²) >= 11 is 0. The van der Waals surface area contributed by atoms with Crippen LogP contribution in [0.4, 0.5) is 0 Å². The minimum Gasteiger partial charge on any atom is -0.396 e. The van der Waals surface area contributed by atoms with Gasteiger partial charge >= 0.3 is 0 Å². The Balaban J connectivity index is 3.27. The van der Waals surface area contributed by atoms with Crippen LogP contribution in [0.2, 0.25) is 0 Å². The van der Waals surface area contributed by atoms with Gasteiger partial charge in [-0.15, -0.1) is 0 Å². The second-order valence-electron chi connectivity index (χ2n) is 12.7. The molecule has 0 heterocycles. The summed E-state index contributed by atoms with van der Waals surface area (Å²) in [6.45, 7) is 5.42. The van der Waals surface area contributed by atoms with Crippen molar-refractivity contribution >= 4 is 0 Å². The molecule has 218 valence electrons. The van der Waals surface area contributed by atoms with Gasteiger partial charge in [-0.3, -0.25) is 0 Å². The predicted molar refractivity (Wildman–Crippen MR) is 164 cm³/mol. The van der Waals surface area contributed by atoms with Crippen LogP contribution in [0.3, 0.4) is 0 Å². The van der Waals surface area contributed by atoms with E-state index < -0.39 is 0 Å². The second kappa shape index (κ2) is 29.5. The van der Waals surface area contributed by atoms with E-state index in [1.807, 2.05) is 0 Å². The molecule has 1 N–H and O–H groups in total. The topological polar surface area (TPSA) is 20.2 Å². The molecule has 0 aliphatic rings. The van der Waals surface area contributed by atoms with Crippen LogP contribution in [0.15, 0.2) is 0 Å². The van der Waals surface area contributed by atoms with Crippen molar-refractivity contribution in [1.82, 2.24) is 0 Å². The Kier molecular flexibility index (Phi) is 29.4. The maximum Gasteiger partial charge on any atom is 0.0782 e. The average Bonchev–Trinajstić information content (AvgIpc) is 2.86. The molecule has 0 aliphatic heterocycles. The van der Waals surface area contributed by atoms with Gasteiger partial charge in [0.1, 0.15) is 0 Å². The highest BCUT2D eigenvalue weighted by atomic mass is 16.2. The Hall–Kier alpha value is -0.0800. The highest BCUT2D eigenvalue weighted by Crippen LogP contribution is 2.15. The first-order chi connectivity index (χ1) is 17.6. The van der Waals surface area contributed by atoms with Crippen molar-refractivity contribution in [2.45, 2.75) is 187 Å². The summed E-state index contributed by atoms with van der Waals surface area (Å²) in [6, 6.07) is 0. The zero-order chi connectivity index (χ0) is 26.4. The van der Waals surface area contributed by atoms with Crippen LogP contribution in [0.1, 0.15) is 187 Å². The summed E-state index contributed by atoms with van der Waals surface area (Å²) < 4.78 is 1.23. The average molecular weight is 511 g/mol. The smallest absolute Gasteiger partial charge is 0.0782 e. The first-order valence-corrected chi connectivity index (χ1v) is 17.1. The van der Waals surface area contributed by atoms with Gasteiger partial charge in [-0.25, -0.2) is 0 Å². The molecule has 0 fully saturated rings. The minimum atomic E-state index is 0.371. The summed E-state index contributed by atoms with van der Waals surface area (Å²) in [5.74, 6) is 0. The van der Waals surface area contributed by atoms with Crippen LogP contribution in [-0.2, 0) is 0 Å². The van der Waals surface area contributed by atoms with E-state index in [0.717, 1.165) is 6.42 Å². The number of hydrogen-bond donors (Lipinski definition) is 1. The molecule has 0 spiro atoms. The van der Waals surface area contributed by atoms with Gasteiger partial charge in [0.05, 0.1) is 27.2 Å². The van der Waals surface area contributed by atoms with E-state index in [1.165, 1.54) is 191 Å². The van der Waals surface area contributed by atoms with Crippen molar-refractivity contribution < 1.29 is 9.59 Å². The molecule has 0 atom stereocenters. The third-order valence-electron chi connectivity index (χ3n) is 8.29. The molecule has 0 unspecified atom stereocenters. The third-order valence-corrected chi connectivity index (χ3v) is 8.29. The quantitative estimate of drug-likeness (QED) is 0.0726. The SMILES string of the molecule is CCCCCCCCCCCCCCCC[N+](C)(C)CCCCCCCCCCCCCCCCO. The normalized spacial score (nSPS) is 12.0. The van der Waals surface area contributed by atoms with Gasteiger partial charge in [-0.05, 0) is 32.1 Å². The molecular formula is C34H72NO+. The fraction of sp³-hybridized carbons (Fsp3) is 1.00. The zero-order valence-corrected chi connectivity index (χ0v) is 25.8. The summed E-state index contributed by atoms with van der Waals surface area (Å²) in [5.41, 5.74) is 0. The van der Waals surface area contributed by atoms with E-state index in [9.17, 15) is 0 Å². The van der Waals surface area contributed by atoms with Crippen molar-refractivity contribution in [1.29, 1.82) is 0 Å². The molecule has 0 amide bonds. The number of quaternary nitrogens is 1. The van der Waals surface area contributed by atoms with E-state index in [4.69, 9.17) is 5.11 Å². The fourth-order valence-electron chi connectivity index (χ4n) is 5.62. The number of hydrogen-bond acceptors (Lipinski definition) is 1. The predicted octanol–water partition coefficient (Wildman–Crippen LogP) is 11.0. The summed E-state index contributed by atoms with van der Waals surface area (Å²) in [7, 11) is 4.91. The monoisotopic (exact) mass is 511 g/mol. The first-order valence-electron chi connectivity index (χ1n) is 17.1. The van der Waals surface area contributed by atoms with Crippen LogP contribution < -0.4 is 0 Å². The first kappa shape index (κ1) is 35.9. The maximum atomic E-state index is 8.79. The van der Waals surface area contributed by atoms with Gasteiger partial charge in [0.25, 0.3) is 0 Å². The van der Waals surface area contributed by atoms with E-state index in [1.54, 1.807) is 0 Å². The lowest BCUT2D eigenvalue weighted by Crippen LogP contribution is -2.41. The van der Waals surface area contributed by atoms with Crippen LogP contribution in [0.5, 0.6) is 0 Å². The number of aliphatic hydroxyl groups is 1. The molecule has 0 aromatic heterocycles. The summed E-state index contributed by atoms with van der Waals surface area (Å²) in [4.78, 5) is 0. The highest BCUT2D eigenvalue weighted by molar-refractivity contribution is 4.51. The number of rotatable bonds is 31. The molecule has 0 rings (SSSR count). The largest absolute Gasteiger partial charge is 0.396 e. The molecule has 2 heteroatoms. The lowest BCUT2D eigenvalue weighted by atomic mass is 10.0. The molecule has 0 radical (unpaired) electrons. The molecule has 2 nitrogen and oxygen atoms in total. The van der Waals surface area contributed by atoms with Gasteiger partial charge in [0.2, 0.25) is 0 Å². The van der Waals surface area contributed by atoms with Crippen molar-refractivity contribution in [3.05, 3.63) is 0 Å². The minimum absolute atomic E-state index is 0.371. The van der Waals surface area contributed by atoms with Crippen LogP contribution in [0, 0.1) is 0 Å². The number of nitrogens with zero attached hydrogens (tertiary/aromatic N) is 1. The lowest BCUT2D eigenvalue weighted by molar-refractivity contribution is -0.890. The molecular weight excluding hydrogens is 438 g/mol. The standard InChI is InChI=1S/C34H72NO/c1-4-5-6-7-8-9-10-11-14-17-20-23-26-29-32-35(2,3)33-30-27-24-21-18-15-12-13-16-19-22-25-28-31-34-36/h36H,4-34H2,1-3H3/q+1. The van der Waals surface area contributed by atoms with Gasteiger partial charge < -0.3 is 9.59 Å². The van der Waals surface area contributed by atoms with Gasteiger partial charge in [0, 0.05) is 6.61 Å². The zero-order valence-electron chi connectivity index (χ0n) is 25.8. The molecule has 0 aliphatic carbocycles. The second-order valence-corrected chi connectivity index (χ2v) is 12.7. The third kappa shape index (κ3) is 30.1. The van der Waals surface area contributed by atoms with Crippen molar-refractivity contribution in [3.8, 4) is 0 Å². The fourth-order valence-corrected chi connectivity index (χ4v) is 5.62. The molecule has 0 aromatic carbocycles. The number of unbranched alkanes of at least 4 members (excludes halogenated alkanes) is 26. The molecule has 36 heavy (non-hydrogen) atoms. The highest BCUT2D eigenvalue weighted by Gasteiger charge is 2.13.